The molecule has 0 unspecified atom stereocenters. The van der Waals surface area contributed by atoms with E-state index in [-0.39, 0.29) is 0 Å². The Kier molecular flexibility index (Phi) is 7.14. The molecule has 2 aromatic heterocycles. The number of aromatic nitrogens is 3. The summed E-state index contributed by atoms with van der Waals surface area (Å²) in [6.45, 7) is 11.8. The van der Waals surface area contributed by atoms with Crippen LogP contribution in [0.25, 0.3) is 50.3 Å². The van der Waals surface area contributed by atoms with Gasteiger partial charge in [-0.3, -0.25) is 0 Å². The normalized spacial score (nSPS) is 11.2. The van der Waals surface area contributed by atoms with E-state index < -0.39 is 0 Å². The van der Waals surface area contributed by atoms with Crippen LogP contribution in [0, 0.1) is 0 Å². The Morgan fingerprint density at radius 1 is 0.794 bits per heavy atom. The summed E-state index contributed by atoms with van der Waals surface area (Å²) in [5.41, 5.74) is 4.15. The Balaban J connectivity index is 0.00000133. The average molecular weight is 510 g/mol. The molecular weight excluding hydrogens is 486 g/mol. The molecule has 0 saturated carbocycles. The molecule has 0 atom stereocenters. The molecule has 0 bridgehead atoms. The standard InChI is InChI=1S/C27H18BrN3O.C2H6/c1-3-18(15-17(2)28)25-29-26(19-9-5-4-6-10-19)31-27(30-25)20-13-14-22-21-11-7-8-12-23(21)32-24(22)16-20;1-2/h3-16H,1-2H2;1-2H3/b18-15+;. The van der Waals surface area contributed by atoms with E-state index >= 15 is 0 Å². The second-order valence-electron chi connectivity index (χ2n) is 7.23. The van der Waals surface area contributed by atoms with Gasteiger partial charge in [0.2, 0.25) is 0 Å². The molecule has 0 amide bonds. The minimum absolute atomic E-state index is 0.522. The summed E-state index contributed by atoms with van der Waals surface area (Å²) < 4.78 is 6.77. The fraction of sp³-hybridized carbons (Fsp3) is 0.0690. The van der Waals surface area contributed by atoms with Gasteiger partial charge in [0, 0.05) is 32.0 Å². The molecule has 168 valence electrons. The number of nitrogens with zero attached hydrogens (tertiary/aromatic N) is 3. The van der Waals surface area contributed by atoms with E-state index in [1.807, 2.05) is 86.7 Å². The van der Waals surface area contributed by atoms with Gasteiger partial charge in [0.1, 0.15) is 11.2 Å². The maximum Gasteiger partial charge on any atom is 0.164 e. The minimum Gasteiger partial charge on any atom is -0.456 e. The third kappa shape index (κ3) is 4.75. The summed E-state index contributed by atoms with van der Waals surface area (Å²) in [5.74, 6) is 1.67. The molecule has 34 heavy (non-hydrogen) atoms. The SMILES string of the molecule is C=C/C(=C\C(=C)Br)c1nc(-c2ccccc2)nc(-c2ccc3c(c2)oc2ccccc23)n1.CC. The summed E-state index contributed by atoms with van der Waals surface area (Å²) in [7, 11) is 0. The van der Waals surface area contributed by atoms with Crippen molar-refractivity contribution in [3.8, 4) is 22.8 Å². The lowest BCUT2D eigenvalue weighted by molar-refractivity contribution is 0.669. The Morgan fingerprint density at radius 2 is 1.44 bits per heavy atom. The number of hydrogen-bond acceptors (Lipinski definition) is 4. The largest absolute Gasteiger partial charge is 0.456 e. The molecule has 0 aliphatic heterocycles. The molecule has 4 nitrogen and oxygen atoms in total. The monoisotopic (exact) mass is 509 g/mol. The van der Waals surface area contributed by atoms with Crippen LogP contribution in [-0.2, 0) is 0 Å². The number of rotatable bonds is 5. The van der Waals surface area contributed by atoms with Gasteiger partial charge in [-0.1, -0.05) is 104 Å². The lowest BCUT2D eigenvalue weighted by atomic mass is 10.1. The van der Waals surface area contributed by atoms with Crippen LogP contribution in [0.15, 0.2) is 107 Å². The second-order valence-corrected chi connectivity index (χ2v) is 8.25. The Bertz CT molecular complexity index is 1520. The highest BCUT2D eigenvalue weighted by molar-refractivity contribution is 9.11. The van der Waals surface area contributed by atoms with Crippen molar-refractivity contribution in [2.24, 2.45) is 0 Å². The van der Waals surface area contributed by atoms with Crippen molar-refractivity contribution < 1.29 is 4.42 Å². The highest BCUT2D eigenvalue weighted by Crippen LogP contribution is 2.32. The van der Waals surface area contributed by atoms with E-state index in [2.05, 4.69) is 35.2 Å². The van der Waals surface area contributed by atoms with Crippen LogP contribution in [0.3, 0.4) is 0 Å². The molecule has 0 radical (unpaired) electrons. The van der Waals surface area contributed by atoms with E-state index in [0.29, 0.717) is 22.0 Å². The number of para-hydroxylation sites is 1. The van der Waals surface area contributed by atoms with Crippen molar-refractivity contribution in [2.75, 3.05) is 0 Å². The molecule has 0 spiro atoms. The average Bonchev–Trinajstić information content (AvgIpc) is 3.26. The van der Waals surface area contributed by atoms with E-state index in [4.69, 9.17) is 19.4 Å². The first-order valence-electron chi connectivity index (χ1n) is 11.0. The highest BCUT2D eigenvalue weighted by atomic mass is 79.9. The van der Waals surface area contributed by atoms with Gasteiger partial charge in [0.25, 0.3) is 0 Å². The zero-order valence-electron chi connectivity index (χ0n) is 19.1. The first-order chi connectivity index (χ1) is 16.6. The quantitative estimate of drug-likeness (QED) is 0.222. The molecule has 5 aromatic rings. The van der Waals surface area contributed by atoms with Gasteiger partial charge in [-0.15, -0.1) is 0 Å². The van der Waals surface area contributed by atoms with Crippen LogP contribution in [0.2, 0.25) is 0 Å². The molecule has 0 aliphatic rings. The molecule has 0 saturated heterocycles. The highest BCUT2D eigenvalue weighted by Gasteiger charge is 2.14. The topological polar surface area (TPSA) is 51.8 Å². The molecule has 5 rings (SSSR count). The summed E-state index contributed by atoms with van der Waals surface area (Å²) in [6.07, 6.45) is 3.55. The van der Waals surface area contributed by atoms with Crippen molar-refractivity contribution in [1.29, 1.82) is 0 Å². The predicted molar refractivity (Wildman–Crippen MR) is 146 cm³/mol. The lowest BCUT2D eigenvalue weighted by Crippen LogP contribution is -2.02. The van der Waals surface area contributed by atoms with Gasteiger partial charge in [-0.05, 0) is 24.3 Å². The summed E-state index contributed by atoms with van der Waals surface area (Å²) in [5, 5.41) is 2.15. The van der Waals surface area contributed by atoms with Crippen LogP contribution < -0.4 is 0 Å². The third-order valence-electron chi connectivity index (χ3n) is 5.09. The van der Waals surface area contributed by atoms with Gasteiger partial charge in [-0.2, -0.15) is 0 Å². The lowest BCUT2D eigenvalue weighted by Gasteiger charge is -2.09. The maximum atomic E-state index is 6.06. The summed E-state index contributed by atoms with van der Waals surface area (Å²) >= 11 is 3.38. The molecule has 0 fully saturated rings. The molecular formula is C29H24BrN3O. The molecule has 5 heteroatoms. The smallest absolute Gasteiger partial charge is 0.164 e. The minimum atomic E-state index is 0.522. The van der Waals surface area contributed by atoms with Gasteiger partial charge < -0.3 is 4.42 Å². The van der Waals surface area contributed by atoms with Crippen LogP contribution in [-0.4, -0.2) is 15.0 Å². The van der Waals surface area contributed by atoms with Gasteiger partial charge >= 0.3 is 0 Å². The second kappa shape index (κ2) is 10.4. The van der Waals surface area contributed by atoms with Crippen molar-refractivity contribution in [3.63, 3.8) is 0 Å². The van der Waals surface area contributed by atoms with Crippen molar-refractivity contribution in [3.05, 3.63) is 108 Å². The van der Waals surface area contributed by atoms with Crippen LogP contribution in [0.4, 0.5) is 0 Å². The first kappa shape index (κ1) is 23.3. The predicted octanol–water partition coefficient (Wildman–Crippen LogP) is 8.61. The fourth-order valence-corrected chi connectivity index (χ4v) is 3.85. The van der Waals surface area contributed by atoms with Crippen molar-refractivity contribution in [2.45, 2.75) is 13.8 Å². The third-order valence-corrected chi connectivity index (χ3v) is 5.32. The van der Waals surface area contributed by atoms with Crippen LogP contribution in [0.1, 0.15) is 19.7 Å². The zero-order valence-corrected chi connectivity index (χ0v) is 20.7. The van der Waals surface area contributed by atoms with Gasteiger partial charge in [-0.25, -0.2) is 15.0 Å². The Morgan fingerprint density at radius 3 is 2.15 bits per heavy atom. The molecule has 2 heterocycles. The number of allylic oxidation sites excluding steroid dienone is 4. The summed E-state index contributed by atoms with van der Waals surface area (Å²) in [4.78, 5) is 14.2. The van der Waals surface area contributed by atoms with Crippen molar-refractivity contribution in [1.82, 2.24) is 15.0 Å². The van der Waals surface area contributed by atoms with E-state index in [1.165, 1.54) is 0 Å². The van der Waals surface area contributed by atoms with E-state index in [9.17, 15) is 0 Å². The van der Waals surface area contributed by atoms with Crippen LogP contribution in [0.5, 0.6) is 0 Å². The fourth-order valence-electron chi connectivity index (χ4n) is 3.60. The first-order valence-corrected chi connectivity index (χ1v) is 11.8. The van der Waals surface area contributed by atoms with E-state index in [0.717, 1.165) is 38.6 Å². The summed E-state index contributed by atoms with van der Waals surface area (Å²) in [6, 6.07) is 23.9. The number of hydrogen-bond donors (Lipinski definition) is 0. The maximum absolute atomic E-state index is 6.06. The van der Waals surface area contributed by atoms with Gasteiger partial charge in [0.05, 0.1) is 0 Å². The van der Waals surface area contributed by atoms with E-state index in [1.54, 1.807) is 6.08 Å². The van der Waals surface area contributed by atoms with Crippen molar-refractivity contribution >= 4 is 43.4 Å². The number of fused-ring (bicyclic) bond motifs is 3. The van der Waals surface area contributed by atoms with Crippen LogP contribution >= 0.6 is 15.9 Å². The number of furan rings is 1. The molecule has 0 aliphatic carbocycles. The molecule has 3 aromatic carbocycles. The Hall–Kier alpha value is -3.83. The number of benzene rings is 3. The van der Waals surface area contributed by atoms with Gasteiger partial charge in [0.15, 0.2) is 17.5 Å². The number of halogens is 1. The Labute approximate surface area is 207 Å². The zero-order chi connectivity index (χ0) is 24.1. The molecule has 0 N–H and O–H groups in total.